The van der Waals surface area contributed by atoms with E-state index in [1.165, 1.54) is 13.2 Å². The summed E-state index contributed by atoms with van der Waals surface area (Å²) >= 11 is 0. The van der Waals surface area contributed by atoms with E-state index in [2.05, 4.69) is 6.58 Å². The summed E-state index contributed by atoms with van der Waals surface area (Å²) in [6, 6.07) is 6.76. The molecule has 16 heavy (non-hydrogen) atoms. The lowest BCUT2D eigenvalue weighted by Crippen LogP contribution is -2.20. The van der Waals surface area contributed by atoms with E-state index in [1.807, 2.05) is 0 Å². The molecule has 1 rings (SSSR count). The highest BCUT2D eigenvalue weighted by atomic mass is 16.5. The van der Waals surface area contributed by atoms with Crippen LogP contribution in [0.5, 0.6) is 5.75 Å². The molecule has 0 amide bonds. The van der Waals surface area contributed by atoms with E-state index in [0.717, 1.165) is 0 Å². The fourth-order valence-electron chi connectivity index (χ4n) is 1.47. The van der Waals surface area contributed by atoms with Gasteiger partial charge < -0.3 is 14.9 Å². The number of rotatable bonds is 5. The highest BCUT2D eigenvalue weighted by Gasteiger charge is 2.26. The van der Waals surface area contributed by atoms with Gasteiger partial charge in [0.05, 0.1) is 13.2 Å². The molecule has 0 heterocycles. The lowest BCUT2D eigenvalue weighted by Gasteiger charge is -2.18. The van der Waals surface area contributed by atoms with Gasteiger partial charge in [0.1, 0.15) is 11.7 Å². The Kier molecular flexibility index (Phi) is 4.08. The van der Waals surface area contributed by atoms with Crippen molar-refractivity contribution in [2.75, 3.05) is 7.11 Å². The van der Waals surface area contributed by atoms with Gasteiger partial charge in [0.25, 0.3) is 0 Å². The summed E-state index contributed by atoms with van der Waals surface area (Å²) in [6.07, 6.45) is 0.0468. The zero-order valence-corrected chi connectivity index (χ0v) is 8.96. The highest BCUT2D eigenvalue weighted by molar-refractivity contribution is 5.73. The Labute approximate surface area is 93.8 Å². The largest absolute Gasteiger partial charge is 0.496 e. The third kappa shape index (κ3) is 2.41. The fraction of sp³-hybridized carbons (Fsp3) is 0.250. The van der Waals surface area contributed by atoms with Crippen LogP contribution in [0.4, 0.5) is 0 Å². The summed E-state index contributed by atoms with van der Waals surface area (Å²) in [7, 11) is 1.47. The molecule has 0 aliphatic carbocycles. The number of carboxylic acid groups (broad SMARTS) is 1. The van der Waals surface area contributed by atoms with Crippen molar-refractivity contribution in [1.29, 1.82) is 0 Å². The van der Waals surface area contributed by atoms with Crippen molar-refractivity contribution in [2.45, 2.75) is 6.10 Å². The van der Waals surface area contributed by atoms with Crippen molar-refractivity contribution in [3.05, 3.63) is 42.5 Å². The van der Waals surface area contributed by atoms with Crippen LogP contribution in [0.2, 0.25) is 0 Å². The molecular weight excluding hydrogens is 208 g/mol. The van der Waals surface area contributed by atoms with Gasteiger partial charge in [-0.1, -0.05) is 24.3 Å². The number of para-hydroxylation sites is 1. The molecule has 0 aromatic heterocycles. The Hall–Kier alpha value is -1.81. The number of methoxy groups -OCH3 is 1. The Morgan fingerprint density at radius 3 is 2.62 bits per heavy atom. The molecule has 0 fully saturated rings. The van der Waals surface area contributed by atoms with Gasteiger partial charge in [0, 0.05) is 5.56 Å². The number of aliphatic hydroxyl groups excluding tert-OH is 1. The Bertz CT molecular complexity index is 386. The maximum Gasteiger partial charge on any atom is 0.313 e. The third-order valence-corrected chi connectivity index (χ3v) is 2.34. The predicted octanol–water partition coefficient (Wildman–Crippen LogP) is 1.62. The SMILES string of the molecule is C=CC(C(=O)O)C(O)c1ccccc1OC. The minimum Gasteiger partial charge on any atom is -0.496 e. The van der Waals surface area contributed by atoms with Gasteiger partial charge in [-0.25, -0.2) is 0 Å². The Balaban J connectivity index is 3.07. The first-order valence-corrected chi connectivity index (χ1v) is 4.78. The number of benzene rings is 1. The molecule has 0 radical (unpaired) electrons. The van der Waals surface area contributed by atoms with Crippen molar-refractivity contribution >= 4 is 5.97 Å². The lowest BCUT2D eigenvalue weighted by molar-refractivity contribution is -0.143. The molecule has 1 aromatic carbocycles. The normalized spacial score (nSPS) is 13.9. The molecule has 0 saturated carbocycles. The predicted molar refractivity (Wildman–Crippen MR) is 59.3 cm³/mol. The molecule has 1 aromatic rings. The first-order valence-electron chi connectivity index (χ1n) is 4.78. The molecule has 2 unspecified atom stereocenters. The van der Waals surface area contributed by atoms with E-state index >= 15 is 0 Å². The molecule has 2 atom stereocenters. The van der Waals surface area contributed by atoms with Crippen LogP contribution in [0.1, 0.15) is 11.7 Å². The molecule has 2 N–H and O–H groups in total. The van der Waals surface area contributed by atoms with Crippen molar-refractivity contribution in [1.82, 2.24) is 0 Å². The first-order chi connectivity index (χ1) is 7.61. The summed E-state index contributed by atoms with van der Waals surface area (Å²) in [4.78, 5) is 10.9. The number of hydrogen-bond acceptors (Lipinski definition) is 3. The number of carboxylic acids is 1. The van der Waals surface area contributed by atoms with Crippen LogP contribution in [0.25, 0.3) is 0 Å². The van der Waals surface area contributed by atoms with Gasteiger partial charge in [-0.2, -0.15) is 0 Å². The summed E-state index contributed by atoms with van der Waals surface area (Å²) in [6.45, 7) is 3.40. The molecule has 4 heteroatoms. The monoisotopic (exact) mass is 222 g/mol. The molecule has 0 spiro atoms. The molecule has 0 aliphatic heterocycles. The van der Waals surface area contributed by atoms with Gasteiger partial charge in [-0.3, -0.25) is 4.79 Å². The van der Waals surface area contributed by atoms with Gasteiger partial charge >= 0.3 is 5.97 Å². The average Bonchev–Trinajstić information content (AvgIpc) is 2.29. The topological polar surface area (TPSA) is 66.8 Å². The highest BCUT2D eigenvalue weighted by Crippen LogP contribution is 2.30. The maximum atomic E-state index is 10.9. The average molecular weight is 222 g/mol. The second-order valence-corrected chi connectivity index (χ2v) is 3.29. The standard InChI is InChI=1S/C12H14O4/c1-3-8(12(14)15)11(13)9-6-4-5-7-10(9)16-2/h3-8,11,13H,1H2,2H3,(H,14,15). The van der Waals surface area contributed by atoms with E-state index < -0.39 is 18.0 Å². The van der Waals surface area contributed by atoms with Gasteiger partial charge in [0.2, 0.25) is 0 Å². The smallest absolute Gasteiger partial charge is 0.313 e. The van der Waals surface area contributed by atoms with Gasteiger partial charge in [-0.15, -0.1) is 6.58 Å². The van der Waals surface area contributed by atoms with Gasteiger partial charge in [0.15, 0.2) is 0 Å². The van der Waals surface area contributed by atoms with E-state index in [0.29, 0.717) is 11.3 Å². The Morgan fingerprint density at radius 2 is 2.12 bits per heavy atom. The molecular formula is C12H14O4. The summed E-state index contributed by atoms with van der Waals surface area (Å²) in [5, 5.41) is 18.8. The van der Waals surface area contributed by atoms with Crippen LogP contribution < -0.4 is 4.74 Å². The maximum absolute atomic E-state index is 10.9. The summed E-state index contributed by atoms with van der Waals surface area (Å²) < 4.78 is 5.05. The first kappa shape index (κ1) is 12.3. The molecule has 86 valence electrons. The van der Waals surface area contributed by atoms with E-state index in [9.17, 15) is 9.90 Å². The number of aliphatic carboxylic acids is 1. The lowest BCUT2D eigenvalue weighted by atomic mass is 9.95. The third-order valence-electron chi connectivity index (χ3n) is 2.34. The number of ether oxygens (including phenoxy) is 1. The molecule has 0 saturated heterocycles. The van der Waals surface area contributed by atoms with E-state index in [4.69, 9.17) is 9.84 Å². The van der Waals surface area contributed by atoms with Crippen LogP contribution in [-0.4, -0.2) is 23.3 Å². The van der Waals surface area contributed by atoms with Crippen LogP contribution in [0, 0.1) is 5.92 Å². The van der Waals surface area contributed by atoms with E-state index in [1.54, 1.807) is 24.3 Å². The Morgan fingerprint density at radius 1 is 1.50 bits per heavy atom. The fourth-order valence-corrected chi connectivity index (χ4v) is 1.47. The van der Waals surface area contributed by atoms with Crippen molar-refractivity contribution in [3.63, 3.8) is 0 Å². The summed E-state index contributed by atoms with van der Waals surface area (Å²) in [5.41, 5.74) is 0.442. The second-order valence-electron chi connectivity index (χ2n) is 3.29. The van der Waals surface area contributed by atoms with Crippen LogP contribution in [0.15, 0.2) is 36.9 Å². The van der Waals surface area contributed by atoms with Crippen LogP contribution in [0.3, 0.4) is 0 Å². The number of carbonyl (C=O) groups is 1. The molecule has 0 bridgehead atoms. The molecule has 0 aliphatic rings. The minimum atomic E-state index is -1.16. The second kappa shape index (κ2) is 5.32. The zero-order valence-electron chi connectivity index (χ0n) is 8.96. The van der Waals surface area contributed by atoms with Gasteiger partial charge in [-0.05, 0) is 6.07 Å². The zero-order chi connectivity index (χ0) is 12.1. The number of hydrogen-bond donors (Lipinski definition) is 2. The minimum absolute atomic E-state index is 0.442. The van der Waals surface area contributed by atoms with Crippen LogP contribution >= 0.6 is 0 Å². The van der Waals surface area contributed by atoms with Crippen molar-refractivity contribution in [3.8, 4) is 5.75 Å². The molecule has 4 nitrogen and oxygen atoms in total. The summed E-state index contributed by atoms with van der Waals surface area (Å²) in [5.74, 6) is -1.70. The van der Waals surface area contributed by atoms with Crippen LogP contribution in [-0.2, 0) is 4.79 Å². The van der Waals surface area contributed by atoms with Crippen molar-refractivity contribution in [2.24, 2.45) is 5.92 Å². The van der Waals surface area contributed by atoms with Crippen molar-refractivity contribution < 1.29 is 19.7 Å². The number of aliphatic hydroxyl groups is 1. The quantitative estimate of drug-likeness (QED) is 0.743. The van der Waals surface area contributed by atoms with E-state index in [-0.39, 0.29) is 0 Å².